The third kappa shape index (κ3) is 3.96. The van der Waals surface area contributed by atoms with Gasteiger partial charge in [0.05, 0.1) is 14.2 Å². The number of nitrogens with one attached hydrogen (secondary N) is 2. The molecule has 0 spiro atoms. The summed E-state index contributed by atoms with van der Waals surface area (Å²) in [5.41, 5.74) is 0. The highest BCUT2D eigenvalue weighted by atomic mass is 16.5. The number of rotatable bonds is 2. The molecule has 6 nitrogen and oxygen atoms in total. The van der Waals surface area contributed by atoms with E-state index in [1.807, 2.05) is 0 Å². The van der Waals surface area contributed by atoms with Gasteiger partial charge >= 0.3 is 12.2 Å². The molecule has 16 heavy (non-hydrogen) atoms. The Morgan fingerprint density at radius 2 is 1.44 bits per heavy atom. The summed E-state index contributed by atoms with van der Waals surface area (Å²) in [5.74, 6) is 0. The zero-order valence-electron chi connectivity index (χ0n) is 9.62. The second kappa shape index (κ2) is 6.19. The Hall–Kier alpha value is -1.46. The standard InChI is InChI=1S/C10H18N2O4/c1-15-9(13)11-7-4-3-5-8(6-7)12-10(14)16-2/h7-8H,3-6H2,1-2H3,(H,11,13)(H,12,14). The number of hydrogen-bond donors (Lipinski definition) is 2. The van der Waals surface area contributed by atoms with Crippen molar-refractivity contribution in [2.45, 2.75) is 37.8 Å². The minimum Gasteiger partial charge on any atom is -0.453 e. The highest BCUT2D eigenvalue weighted by Gasteiger charge is 2.24. The van der Waals surface area contributed by atoms with Crippen LogP contribution in [0.15, 0.2) is 0 Å². The molecule has 1 fully saturated rings. The predicted molar refractivity (Wildman–Crippen MR) is 57.1 cm³/mol. The Kier molecular flexibility index (Phi) is 4.88. The number of alkyl carbamates (subject to hydrolysis) is 2. The quantitative estimate of drug-likeness (QED) is 0.742. The van der Waals surface area contributed by atoms with E-state index in [1.165, 1.54) is 14.2 Å². The summed E-state index contributed by atoms with van der Waals surface area (Å²) in [7, 11) is 2.67. The molecule has 0 aromatic rings. The fourth-order valence-corrected chi connectivity index (χ4v) is 1.90. The van der Waals surface area contributed by atoms with Gasteiger partial charge in [0, 0.05) is 12.1 Å². The van der Waals surface area contributed by atoms with Crippen molar-refractivity contribution in [2.75, 3.05) is 14.2 Å². The molecule has 1 rings (SSSR count). The summed E-state index contributed by atoms with van der Waals surface area (Å²) >= 11 is 0. The van der Waals surface area contributed by atoms with Gasteiger partial charge in [-0.25, -0.2) is 9.59 Å². The van der Waals surface area contributed by atoms with E-state index < -0.39 is 12.2 Å². The third-order valence-electron chi connectivity index (χ3n) is 2.69. The first-order chi connectivity index (χ1) is 7.65. The van der Waals surface area contributed by atoms with Crippen LogP contribution in [-0.4, -0.2) is 38.5 Å². The summed E-state index contributed by atoms with van der Waals surface area (Å²) < 4.78 is 9.06. The second-order valence-electron chi connectivity index (χ2n) is 3.83. The zero-order chi connectivity index (χ0) is 12.0. The molecule has 6 heteroatoms. The maximum atomic E-state index is 11.0. The third-order valence-corrected chi connectivity index (χ3v) is 2.69. The number of carbonyl (C=O) groups excluding carboxylic acids is 2. The van der Waals surface area contributed by atoms with Crippen LogP contribution in [0.5, 0.6) is 0 Å². The van der Waals surface area contributed by atoms with Crippen molar-refractivity contribution in [1.29, 1.82) is 0 Å². The molecule has 0 aliphatic heterocycles. The normalized spacial score (nSPS) is 24.4. The van der Waals surface area contributed by atoms with Crippen molar-refractivity contribution in [1.82, 2.24) is 10.6 Å². The minimum absolute atomic E-state index is 0.0587. The number of hydrogen-bond acceptors (Lipinski definition) is 4. The summed E-state index contributed by atoms with van der Waals surface area (Å²) in [6.45, 7) is 0. The van der Waals surface area contributed by atoms with E-state index in [1.54, 1.807) is 0 Å². The molecule has 2 N–H and O–H groups in total. The van der Waals surface area contributed by atoms with Gasteiger partial charge in [0.25, 0.3) is 0 Å². The van der Waals surface area contributed by atoms with E-state index in [0.29, 0.717) is 6.42 Å². The number of ether oxygens (including phenoxy) is 2. The average molecular weight is 230 g/mol. The summed E-state index contributed by atoms with van der Waals surface area (Å²) in [5, 5.41) is 5.47. The molecule has 2 atom stereocenters. The first kappa shape index (κ1) is 12.6. The Bertz CT molecular complexity index is 233. The fraction of sp³-hybridized carbons (Fsp3) is 0.800. The van der Waals surface area contributed by atoms with Crippen molar-refractivity contribution in [2.24, 2.45) is 0 Å². The van der Waals surface area contributed by atoms with E-state index >= 15 is 0 Å². The Morgan fingerprint density at radius 1 is 1.00 bits per heavy atom. The monoisotopic (exact) mass is 230 g/mol. The van der Waals surface area contributed by atoms with Crippen molar-refractivity contribution >= 4 is 12.2 Å². The topological polar surface area (TPSA) is 76.7 Å². The largest absolute Gasteiger partial charge is 0.453 e. The number of carbonyl (C=O) groups is 2. The van der Waals surface area contributed by atoms with Gasteiger partial charge in [-0.05, 0) is 25.7 Å². The van der Waals surface area contributed by atoms with Gasteiger partial charge in [0.2, 0.25) is 0 Å². The summed E-state index contributed by atoms with van der Waals surface area (Å²) in [6.07, 6.45) is 2.64. The first-order valence-electron chi connectivity index (χ1n) is 5.34. The Labute approximate surface area is 94.7 Å². The Morgan fingerprint density at radius 3 is 1.81 bits per heavy atom. The van der Waals surface area contributed by atoms with E-state index in [-0.39, 0.29) is 12.1 Å². The highest BCUT2D eigenvalue weighted by Crippen LogP contribution is 2.18. The van der Waals surface area contributed by atoms with E-state index in [0.717, 1.165) is 19.3 Å². The van der Waals surface area contributed by atoms with Crippen LogP contribution >= 0.6 is 0 Å². The minimum atomic E-state index is -0.427. The fourth-order valence-electron chi connectivity index (χ4n) is 1.90. The van der Waals surface area contributed by atoms with Crippen molar-refractivity contribution in [3.05, 3.63) is 0 Å². The molecule has 1 saturated carbocycles. The molecule has 0 aromatic heterocycles. The van der Waals surface area contributed by atoms with Crippen LogP contribution in [-0.2, 0) is 9.47 Å². The molecule has 1 aliphatic rings. The van der Waals surface area contributed by atoms with Crippen molar-refractivity contribution in [3.8, 4) is 0 Å². The van der Waals surface area contributed by atoms with Crippen molar-refractivity contribution < 1.29 is 19.1 Å². The van der Waals surface area contributed by atoms with Crippen LogP contribution in [0.1, 0.15) is 25.7 Å². The van der Waals surface area contributed by atoms with E-state index in [4.69, 9.17) is 0 Å². The molecule has 0 saturated heterocycles. The number of amides is 2. The SMILES string of the molecule is COC(=O)NC1CCCC(NC(=O)OC)C1. The molecule has 0 bridgehead atoms. The van der Waals surface area contributed by atoms with Crippen LogP contribution in [0.25, 0.3) is 0 Å². The van der Waals surface area contributed by atoms with Crippen LogP contribution in [0.4, 0.5) is 9.59 Å². The lowest BCUT2D eigenvalue weighted by atomic mass is 9.91. The molecule has 2 unspecified atom stereocenters. The molecular formula is C10H18N2O4. The molecular weight excluding hydrogens is 212 g/mol. The van der Waals surface area contributed by atoms with Gasteiger partial charge in [-0.1, -0.05) is 0 Å². The second-order valence-corrected chi connectivity index (χ2v) is 3.83. The molecule has 1 aliphatic carbocycles. The lowest BCUT2D eigenvalue weighted by Crippen LogP contribution is -2.45. The first-order valence-corrected chi connectivity index (χ1v) is 5.34. The summed E-state index contributed by atoms with van der Waals surface area (Å²) in [4.78, 5) is 22.0. The van der Waals surface area contributed by atoms with Crippen LogP contribution < -0.4 is 10.6 Å². The predicted octanol–water partition coefficient (Wildman–Crippen LogP) is 1.01. The lowest BCUT2D eigenvalue weighted by Gasteiger charge is -2.29. The molecule has 0 aromatic carbocycles. The van der Waals surface area contributed by atoms with Gasteiger partial charge in [-0.15, -0.1) is 0 Å². The molecule has 0 radical (unpaired) electrons. The number of methoxy groups -OCH3 is 2. The van der Waals surface area contributed by atoms with Crippen molar-refractivity contribution in [3.63, 3.8) is 0 Å². The summed E-state index contributed by atoms with van der Waals surface area (Å²) in [6, 6.07) is 0.117. The van der Waals surface area contributed by atoms with Gasteiger partial charge in [0.1, 0.15) is 0 Å². The van der Waals surface area contributed by atoms with Crippen LogP contribution in [0.2, 0.25) is 0 Å². The Balaban J connectivity index is 2.35. The van der Waals surface area contributed by atoms with Gasteiger partial charge in [0.15, 0.2) is 0 Å². The molecule has 92 valence electrons. The van der Waals surface area contributed by atoms with E-state index in [2.05, 4.69) is 20.1 Å². The average Bonchev–Trinajstić information content (AvgIpc) is 2.29. The van der Waals surface area contributed by atoms with Crippen LogP contribution in [0, 0.1) is 0 Å². The maximum Gasteiger partial charge on any atom is 0.407 e. The van der Waals surface area contributed by atoms with Crippen LogP contribution in [0.3, 0.4) is 0 Å². The van der Waals surface area contributed by atoms with Gasteiger partial charge in [-0.3, -0.25) is 0 Å². The van der Waals surface area contributed by atoms with E-state index in [9.17, 15) is 9.59 Å². The molecule has 2 amide bonds. The van der Waals surface area contributed by atoms with Gasteiger partial charge < -0.3 is 20.1 Å². The van der Waals surface area contributed by atoms with Gasteiger partial charge in [-0.2, -0.15) is 0 Å². The zero-order valence-corrected chi connectivity index (χ0v) is 9.62. The highest BCUT2D eigenvalue weighted by molar-refractivity contribution is 5.68. The maximum absolute atomic E-state index is 11.0. The lowest BCUT2D eigenvalue weighted by molar-refractivity contribution is 0.154. The smallest absolute Gasteiger partial charge is 0.407 e. The molecule has 0 heterocycles.